The number of anilines is 3. The average molecular weight is 533 g/mol. The molecule has 4 aromatic carbocycles. The van der Waals surface area contributed by atoms with Crippen LogP contribution in [0, 0.1) is 0 Å². The molecule has 0 atom stereocenters. The highest BCUT2D eigenvalue weighted by Gasteiger charge is 2.26. The normalized spacial score (nSPS) is 12.8. The van der Waals surface area contributed by atoms with Crippen LogP contribution in [0.4, 0.5) is 17.1 Å². The first-order chi connectivity index (χ1) is 19.4. The topological polar surface area (TPSA) is 73.0 Å². The first-order valence-corrected chi connectivity index (χ1v) is 13.3. The van der Waals surface area contributed by atoms with Gasteiger partial charge in [-0.1, -0.05) is 60.7 Å². The van der Waals surface area contributed by atoms with Crippen molar-refractivity contribution in [3.05, 3.63) is 114 Å². The van der Waals surface area contributed by atoms with Crippen LogP contribution in [0.5, 0.6) is 0 Å². The van der Waals surface area contributed by atoms with Gasteiger partial charge >= 0.3 is 0 Å². The summed E-state index contributed by atoms with van der Waals surface area (Å²) in [6.07, 6.45) is 0.732. The second kappa shape index (κ2) is 11.9. The number of fused-ring (bicyclic) bond motifs is 1. The van der Waals surface area contributed by atoms with Gasteiger partial charge < -0.3 is 20.0 Å². The minimum atomic E-state index is -0.215. The Labute approximate surface area is 234 Å². The number of rotatable bonds is 6. The van der Waals surface area contributed by atoms with Crippen molar-refractivity contribution < 1.29 is 14.4 Å². The zero-order valence-corrected chi connectivity index (χ0v) is 22.7. The summed E-state index contributed by atoms with van der Waals surface area (Å²) < 4.78 is 0. The smallest absolute Gasteiger partial charge is 0.258 e. The van der Waals surface area contributed by atoms with Gasteiger partial charge in [-0.25, -0.2) is 0 Å². The summed E-state index contributed by atoms with van der Waals surface area (Å²) in [5, 5.41) is 2.97. The summed E-state index contributed by atoms with van der Waals surface area (Å²) in [5.41, 5.74) is 5.18. The van der Waals surface area contributed by atoms with E-state index in [4.69, 9.17) is 0 Å². The third-order valence-electron chi connectivity index (χ3n) is 7.04. The number of nitrogens with zero attached hydrogens (tertiary/aromatic N) is 3. The van der Waals surface area contributed by atoms with Crippen LogP contribution in [0.2, 0.25) is 0 Å². The molecule has 0 fully saturated rings. The predicted molar refractivity (Wildman–Crippen MR) is 160 cm³/mol. The molecule has 0 saturated carbocycles. The van der Waals surface area contributed by atoms with Crippen molar-refractivity contribution in [2.45, 2.75) is 6.42 Å². The fraction of sp³-hybridized carbons (Fsp3) is 0.182. The van der Waals surface area contributed by atoms with Crippen LogP contribution in [0.3, 0.4) is 0 Å². The van der Waals surface area contributed by atoms with E-state index >= 15 is 0 Å². The number of carbonyl (C=O) groups is 3. The van der Waals surface area contributed by atoms with Gasteiger partial charge in [0.2, 0.25) is 5.91 Å². The summed E-state index contributed by atoms with van der Waals surface area (Å²) >= 11 is 0. The van der Waals surface area contributed by atoms with Crippen LogP contribution in [0.25, 0.3) is 11.1 Å². The van der Waals surface area contributed by atoms with Crippen LogP contribution >= 0.6 is 0 Å². The van der Waals surface area contributed by atoms with Crippen LogP contribution in [0.1, 0.15) is 27.1 Å². The van der Waals surface area contributed by atoms with Gasteiger partial charge in [0.1, 0.15) is 0 Å². The molecule has 0 radical (unpaired) electrons. The molecule has 1 aliphatic heterocycles. The Kier molecular flexibility index (Phi) is 7.92. The highest BCUT2D eigenvalue weighted by molar-refractivity contribution is 6.10. The second-order valence-electron chi connectivity index (χ2n) is 9.95. The molecule has 4 aromatic rings. The van der Waals surface area contributed by atoms with Crippen molar-refractivity contribution in [3.63, 3.8) is 0 Å². The fourth-order valence-corrected chi connectivity index (χ4v) is 4.90. The van der Waals surface area contributed by atoms with E-state index in [0.29, 0.717) is 29.9 Å². The Balaban J connectivity index is 1.33. The molecule has 0 saturated heterocycles. The highest BCUT2D eigenvalue weighted by atomic mass is 16.2. The molecule has 1 aliphatic rings. The van der Waals surface area contributed by atoms with Gasteiger partial charge in [-0.2, -0.15) is 0 Å². The Morgan fingerprint density at radius 1 is 0.750 bits per heavy atom. The second-order valence-corrected chi connectivity index (χ2v) is 9.95. The standard InChI is InChI=1S/C33H32N4O3/c1-35(2)31(38)23-36-21-10-22-37(30-16-9-8-15-29(30)36)33(40)25-17-19-26(20-18-25)34-32(39)28-14-7-6-13-27(28)24-11-4-3-5-12-24/h3-9,11-20H,10,21-23H2,1-2H3,(H,34,39). The molecule has 0 aliphatic carbocycles. The summed E-state index contributed by atoms with van der Waals surface area (Å²) in [5.74, 6) is -0.327. The number of likely N-dealkylation sites (N-methyl/N-ethyl adjacent to an activating group) is 1. The number of amides is 3. The van der Waals surface area contributed by atoms with Gasteiger partial charge in [0.25, 0.3) is 11.8 Å². The van der Waals surface area contributed by atoms with Gasteiger partial charge in [-0.3, -0.25) is 14.4 Å². The fourth-order valence-electron chi connectivity index (χ4n) is 4.90. The van der Waals surface area contributed by atoms with Gasteiger partial charge in [0, 0.05) is 44.0 Å². The number of hydrogen-bond donors (Lipinski definition) is 1. The van der Waals surface area contributed by atoms with E-state index in [2.05, 4.69) is 5.32 Å². The Morgan fingerprint density at radius 3 is 2.12 bits per heavy atom. The number of carbonyl (C=O) groups excluding carboxylic acids is 3. The molecule has 0 bridgehead atoms. The lowest BCUT2D eigenvalue weighted by Crippen LogP contribution is -2.37. The highest BCUT2D eigenvalue weighted by Crippen LogP contribution is 2.33. The van der Waals surface area contributed by atoms with E-state index in [1.807, 2.05) is 83.8 Å². The monoisotopic (exact) mass is 532 g/mol. The zero-order chi connectivity index (χ0) is 28.1. The SMILES string of the molecule is CN(C)C(=O)CN1CCCN(C(=O)c2ccc(NC(=O)c3ccccc3-c3ccccc3)cc2)c2ccccc21. The predicted octanol–water partition coefficient (Wildman–Crippen LogP) is 5.55. The van der Waals surface area contributed by atoms with Gasteiger partial charge in [-0.05, 0) is 60.0 Å². The van der Waals surface area contributed by atoms with Gasteiger partial charge in [0.05, 0.1) is 17.9 Å². The van der Waals surface area contributed by atoms with E-state index < -0.39 is 0 Å². The Hall–Kier alpha value is -4.91. The molecule has 5 rings (SSSR count). The van der Waals surface area contributed by atoms with Crippen LogP contribution < -0.4 is 15.1 Å². The van der Waals surface area contributed by atoms with Gasteiger partial charge in [-0.15, -0.1) is 0 Å². The van der Waals surface area contributed by atoms with Crippen LogP contribution in [-0.2, 0) is 4.79 Å². The first-order valence-electron chi connectivity index (χ1n) is 13.3. The Morgan fingerprint density at radius 2 is 1.40 bits per heavy atom. The largest absolute Gasteiger partial charge is 0.360 e. The van der Waals surface area contributed by atoms with E-state index in [9.17, 15) is 14.4 Å². The lowest BCUT2D eigenvalue weighted by molar-refractivity contribution is -0.127. The van der Waals surface area contributed by atoms with Crippen molar-refractivity contribution in [2.24, 2.45) is 0 Å². The molecular formula is C33H32N4O3. The average Bonchev–Trinajstić information content (AvgIpc) is 3.17. The Bertz CT molecular complexity index is 1520. The maximum absolute atomic E-state index is 13.7. The molecule has 40 heavy (non-hydrogen) atoms. The zero-order valence-electron chi connectivity index (χ0n) is 22.7. The summed E-state index contributed by atoms with van der Waals surface area (Å²) in [6.45, 7) is 1.47. The van der Waals surface area contributed by atoms with Gasteiger partial charge in [0.15, 0.2) is 0 Å². The first kappa shape index (κ1) is 26.7. The summed E-state index contributed by atoms with van der Waals surface area (Å²) in [6, 6.07) is 32.0. The summed E-state index contributed by atoms with van der Waals surface area (Å²) in [7, 11) is 3.49. The van der Waals surface area contributed by atoms with Crippen LogP contribution in [0.15, 0.2) is 103 Å². The molecule has 1 heterocycles. The molecule has 0 spiro atoms. The minimum absolute atomic E-state index is 0.0126. The van der Waals surface area contributed by atoms with Crippen molar-refractivity contribution in [2.75, 3.05) is 48.8 Å². The van der Waals surface area contributed by atoms with E-state index in [1.54, 1.807) is 48.2 Å². The maximum atomic E-state index is 13.7. The van der Waals surface area contributed by atoms with Crippen molar-refractivity contribution in [1.29, 1.82) is 0 Å². The maximum Gasteiger partial charge on any atom is 0.258 e. The molecule has 0 unspecified atom stereocenters. The quantitative estimate of drug-likeness (QED) is 0.353. The molecule has 1 N–H and O–H groups in total. The molecule has 7 nitrogen and oxygen atoms in total. The van der Waals surface area contributed by atoms with Crippen molar-refractivity contribution in [1.82, 2.24) is 4.90 Å². The molecule has 3 amide bonds. The molecule has 0 aromatic heterocycles. The number of para-hydroxylation sites is 2. The van der Waals surface area contributed by atoms with E-state index in [0.717, 1.165) is 28.9 Å². The number of benzene rings is 4. The van der Waals surface area contributed by atoms with E-state index in [1.165, 1.54) is 0 Å². The third kappa shape index (κ3) is 5.73. The minimum Gasteiger partial charge on any atom is -0.360 e. The molecule has 202 valence electrons. The number of hydrogen-bond acceptors (Lipinski definition) is 4. The molecule has 7 heteroatoms. The lowest BCUT2D eigenvalue weighted by atomic mass is 9.99. The lowest BCUT2D eigenvalue weighted by Gasteiger charge is -2.27. The van der Waals surface area contributed by atoms with Crippen molar-refractivity contribution >= 4 is 34.8 Å². The number of nitrogens with one attached hydrogen (secondary N) is 1. The third-order valence-corrected chi connectivity index (χ3v) is 7.04. The van der Waals surface area contributed by atoms with Crippen molar-refractivity contribution in [3.8, 4) is 11.1 Å². The summed E-state index contributed by atoms with van der Waals surface area (Å²) in [4.78, 5) is 44.7. The van der Waals surface area contributed by atoms with E-state index in [-0.39, 0.29) is 24.3 Å². The molecular weight excluding hydrogens is 500 g/mol. The van der Waals surface area contributed by atoms with Crippen LogP contribution in [-0.4, -0.2) is 56.4 Å².